The van der Waals surface area contributed by atoms with Gasteiger partial charge in [0.25, 0.3) is 0 Å². The monoisotopic (exact) mass is 259 g/mol. The predicted molar refractivity (Wildman–Crippen MR) is 69.1 cm³/mol. The summed E-state index contributed by atoms with van der Waals surface area (Å²) in [7, 11) is 1.34. The second-order valence-electron chi connectivity index (χ2n) is 5.54. The Bertz CT molecular complexity index is 281. The van der Waals surface area contributed by atoms with Gasteiger partial charge in [0.1, 0.15) is 11.6 Å². The lowest BCUT2D eigenvalue weighted by molar-refractivity contribution is -0.159. The van der Waals surface area contributed by atoms with Crippen LogP contribution in [0.1, 0.15) is 41.0 Å². The Kier molecular flexibility index (Phi) is 6.91. The molecule has 0 aliphatic carbocycles. The Hall–Kier alpha value is -1.10. The number of carbonyl (C=O) groups is 2. The third kappa shape index (κ3) is 7.27. The van der Waals surface area contributed by atoms with E-state index in [0.717, 1.165) is 0 Å². The number of rotatable bonds is 6. The first-order chi connectivity index (χ1) is 8.17. The van der Waals surface area contributed by atoms with E-state index in [1.54, 1.807) is 0 Å². The summed E-state index contributed by atoms with van der Waals surface area (Å²) in [5.41, 5.74) is -0.506. The standard InChI is InChI=1S/C13H25NO4/c1-9(2)11(12(16)18-13(3,4)5)14-8-7-10(15)17-6/h9,11,14H,7-8H2,1-6H3/t11-/m0/s1. The van der Waals surface area contributed by atoms with E-state index in [4.69, 9.17) is 4.74 Å². The van der Waals surface area contributed by atoms with Gasteiger partial charge in [-0.3, -0.25) is 9.59 Å². The van der Waals surface area contributed by atoms with Crippen LogP contribution < -0.4 is 5.32 Å². The number of ether oxygens (including phenoxy) is 2. The summed E-state index contributed by atoms with van der Waals surface area (Å²) >= 11 is 0. The van der Waals surface area contributed by atoms with E-state index in [1.807, 2.05) is 34.6 Å². The van der Waals surface area contributed by atoms with Gasteiger partial charge in [0.2, 0.25) is 0 Å². The lowest BCUT2D eigenvalue weighted by Crippen LogP contribution is -2.45. The van der Waals surface area contributed by atoms with Gasteiger partial charge in [-0.15, -0.1) is 0 Å². The molecule has 0 aliphatic rings. The number of hydrogen-bond acceptors (Lipinski definition) is 5. The van der Waals surface area contributed by atoms with E-state index < -0.39 is 11.6 Å². The highest BCUT2D eigenvalue weighted by Gasteiger charge is 2.27. The quantitative estimate of drug-likeness (QED) is 0.732. The van der Waals surface area contributed by atoms with E-state index in [9.17, 15) is 9.59 Å². The van der Waals surface area contributed by atoms with Gasteiger partial charge in [0, 0.05) is 6.54 Å². The van der Waals surface area contributed by atoms with Gasteiger partial charge < -0.3 is 14.8 Å². The maximum Gasteiger partial charge on any atom is 0.323 e. The van der Waals surface area contributed by atoms with Crippen LogP contribution in [0.15, 0.2) is 0 Å². The van der Waals surface area contributed by atoms with Gasteiger partial charge >= 0.3 is 11.9 Å². The summed E-state index contributed by atoms with van der Waals surface area (Å²) in [6.45, 7) is 9.75. The van der Waals surface area contributed by atoms with Gasteiger partial charge in [-0.2, -0.15) is 0 Å². The molecule has 0 saturated carbocycles. The molecule has 0 aromatic carbocycles. The molecule has 1 atom stereocenters. The molecule has 0 spiro atoms. The highest BCUT2D eigenvalue weighted by molar-refractivity contribution is 5.76. The summed E-state index contributed by atoms with van der Waals surface area (Å²) in [5.74, 6) is -0.492. The SMILES string of the molecule is COC(=O)CCN[C@H](C(=O)OC(C)(C)C)C(C)C. The Labute approximate surface area is 109 Å². The van der Waals surface area contributed by atoms with Crippen LogP contribution in [-0.4, -0.2) is 37.2 Å². The molecular formula is C13H25NO4. The summed E-state index contributed by atoms with van der Waals surface area (Å²) in [6, 6.07) is -0.408. The molecule has 0 bridgehead atoms. The van der Waals surface area contributed by atoms with Crippen LogP contribution in [0.3, 0.4) is 0 Å². The van der Waals surface area contributed by atoms with Crippen molar-refractivity contribution in [3.63, 3.8) is 0 Å². The maximum absolute atomic E-state index is 11.9. The summed E-state index contributed by atoms with van der Waals surface area (Å²) < 4.78 is 9.87. The van der Waals surface area contributed by atoms with Crippen LogP contribution in [-0.2, 0) is 19.1 Å². The molecule has 0 heterocycles. The van der Waals surface area contributed by atoms with Crippen molar-refractivity contribution in [2.45, 2.75) is 52.7 Å². The Balaban J connectivity index is 4.31. The minimum absolute atomic E-state index is 0.0949. The number of carbonyl (C=O) groups excluding carboxylic acids is 2. The second-order valence-corrected chi connectivity index (χ2v) is 5.54. The second kappa shape index (κ2) is 7.36. The Morgan fingerprint density at radius 1 is 1.22 bits per heavy atom. The molecule has 5 heteroatoms. The first kappa shape index (κ1) is 16.9. The highest BCUT2D eigenvalue weighted by Crippen LogP contribution is 2.12. The van der Waals surface area contributed by atoms with Crippen LogP contribution in [0.4, 0.5) is 0 Å². The minimum atomic E-state index is -0.506. The van der Waals surface area contributed by atoms with Crippen molar-refractivity contribution < 1.29 is 19.1 Å². The fourth-order valence-corrected chi connectivity index (χ4v) is 1.39. The summed E-state index contributed by atoms with van der Waals surface area (Å²) in [6.07, 6.45) is 0.239. The zero-order chi connectivity index (χ0) is 14.3. The molecule has 5 nitrogen and oxygen atoms in total. The number of nitrogens with one attached hydrogen (secondary N) is 1. The molecule has 0 aromatic rings. The zero-order valence-electron chi connectivity index (χ0n) is 12.2. The first-order valence-corrected chi connectivity index (χ1v) is 6.20. The third-order valence-corrected chi connectivity index (χ3v) is 2.25. The number of hydrogen-bond donors (Lipinski definition) is 1. The Morgan fingerprint density at radius 2 is 1.78 bits per heavy atom. The van der Waals surface area contributed by atoms with Crippen molar-refractivity contribution in [1.29, 1.82) is 0 Å². The van der Waals surface area contributed by atoms with Crippen molar-refractivity contribution in [3.8, 4) is 0 Å². The van der Waals surface area contributed by atoms with Crippen LogP contribution in [0.5, 0.6) is 0 Å². The fourth-order valence-electron chi connectivity index (χ4n) is 1.39. The molecule has 1 N–H and O–H groups in total. The van der Waals surface area contributed by atoms with Crippen LogP contribution in [0.25, 0.3) is 0 Å². The normalized spacial score (nSPS) is 13.3. The molecule has 0 fully saturated rings. The van der Waals surface area contributed by atoms with E-state index in [-0.39, 0.29) is 24.3 Å². The molecule has 0 rings (SSSR count). The molecule has 18 heavy (non-hydrogen) atoms. The molecule has 0 aromatic heterocycles. The van der Waals surface area contributed by atoms with Gasteiger partial charge in [0.05, 0.1) is 13.5 Å². The molecule has 0 amide bonds. The lowest BCUT2D eigenvalue weighted by atomic mass is 10.0. The van der Waals surface area contributed by atoms with Gasteiger partial charge in [0.15, 0.2) is 0 Å². The topological polar surface area (TPSA) is 64.6 Å². The average molecular weight is 259 g/mol. The van der Waals surface area contributed by atoms with Crippen molar-refractivity contribution in [3.05, 3.63) is 0 Å². The first-order valence-electron chi connectivity index (χ1n) is 6.20. The van der Waals surface area contributed by atoms with E-state index in [2.05, 4.69) is 10.1 Å². The molecule has 0 radical (unpaired) electrons. The molecule has 0 aliphatic heterocycles. The van der Waals surface area contributed by atoms with Gasteiger partial charge in [-0.25, -0.2) is 0 Å². The number of methoxy groups -OCH3 is 1. The van der Waals surface area contributed by atoms with Crippen molar-refractivity contribution >= 4 is 11.9 Å². The zero-order valence-corrected chi connectivity index (χ0v) is 12.2. The molecule has 0 saturated heterocycles. The smallest absolute Gasteiger partial charge is 0.323 e. The largest absolute Gasteiger partial charge is 0.469 e. The number of esters is 2. The van der Waals surface area contributed by atoms with E-state index in [0.29, 0.717) is 6.54 Å². The van der Waals surface area contributed by atoms with E-state index in [1.165, 1.54) is 7.11 Å². The average Bonchev–Trinajstić information content (AvgIpc) is 2.20. The van der Waals surface area contributed by atoms with Crippen LogP contribution >= 0.6 is 0 Å². The molecule has 0 unspecified atom stereocenters. The lowest BCUT2D eigenvalue weighted by Gasteiger charge is -2.26. The van der Waals surface area contributed by atoms with Crippen LogP contribution in [0.2, 0.25) is 0 Å². The minimum Gasteiger partial charge on any atom is -0.469 e. The maximum atomic E-state index is 11.9. The van der Waals surface area contributed by atoms with Gasteiger partial charge in [-0.05, 0) is 26.7 Å². The molecule has 106 valence electrons. The van der Waals surface area contributed by atoms with Crippen LogP contribution in [0, 0.1) is 5.92 Å². The summed E-state index contributed by atoms with van der Waals surface area (Å²) in [4.78, 5) is 22.9. The highest BCUT2D eigenvalue weighted by atomic mass is 16.6. The molecular weight excluding hydrogens is 234 g/mol. The van der Waals surface area contributed by atoms with Crippen molar-refractivity contribution in [2.75, 3.05) is 13.7 Å². The predicted octanol–water partition coefficient (Wildman–Crippen LogP) is 1.51. The van der Waals surface area contributed by atoms with Gasteiger partial charge in [-0.1, -0.05) is 13.8 Å². The Morgan fingerprint density at radius 3 is 2.17 bits per heavy atom. The van der Waals surface area contributed by atoms with Crippen molar-refractivity contribution in [1.82, 2.24) is 5.32 Å². The third-order valence-electron chi connectivity index (χ3n) is 2.25. The van der Waals surface area contributed by atoms with E-state index >= 15 is 0 Å². The van der Waals surface area contributed by atoms with Crippen molar-refractivity contribution in [2.24, 2.45) is 5.92 Å². The fraction of sp³-hybridized carbons (Fsp3) is 0.846. The summed E-state index contributed by atoms with van der Waals surface area (Å²) in [5, 5.41) is 3.03.